The number of halogens is 2. The minimum atomic E-state index is -1.11. The fraction of sp³-hybridized carbons (Fsp3) is 0.500. The molecule has 1 aliphatic rings. The highest BCUT2D eigenvalue weighted by atomic mass is 35.5. The first-order valence-corrected chi connectivity index (χ1v) is 7.82. The number of amides is 1. The normalized spacial score (nSPS) is 26.7. The summed E-state index contributed by atoms with van der Waals surface area (Å²) >= 11 is 11.8. The van der Waals surface area contributed by atoms with E-state index in [1.165, 1.54) is 0 Å². The summed E-state index contributed by atoms with van der Waals surface area (Å²) in [5, 5.41) is 15.0. The molecule has 2 rings (SSSR count). The van der Waals surface area contributed by atoms with Crippen LogP contribution in [0.2, 0.25) is 10.0 Å². The largest absolute Gasteiger partial charge is 0.550 e. The van der Waals surface area contributed by atoms with Crippen LogP contribution in [0.4, 0.5) is 5.69 Å². The molecule has 1 N–H and O–H groups in total. The van der Waals surface area contributed by atoms with Crippen LogP contribution in [0.5, 0.6) is 0 Å². The van der Waals surface area contributed by atoms with Crippen molar-refractivity contribution in [3.05, 3.63) is 28.2 Å². The number of hydrogen-bond donors (Lipinski definition) is 1. The van der Waals surface area contributed by atoms with Crippen molar-refractivity contribution in [1.29, 1.82) is 0 Å². The number of carbonyl (C=O) groups is 2. The van der Waals surface area contributed by atoms with Crippen molar-refractivity contribution in [1.82, 2.24) is 0 Å². The van der Waals surface area contributed by atoms with Crippen molar-refractivity contribution < 1.29 is 14.7 Å². The highest BCUT2D eigenvalue weighted by Crippen LogP contribution is 2.55. The topological polar surface area (TPSA) is 69.2 Å². The summed E-state index contributed by atoms with van der Waals surface area (Å²) < 4.78 is 0. The Bertz CT molecular complexity index is 630. The molecular formula is C16H18Cl2NO3-. The zero-order chi connectivity index (χ0) is 16.7. The van der Waals surface area contributed by atoms with Crippen LogP contribution in [-0.2, 0) is 9.59 Å². The summed E-state index contributed by atoms with van der Waals surface area (Å²) in [5.74, 6) is -1.74. The summed E-state index contributed by atoms with van der Waals surface area (Å²) in [6.07, 6.45) is 0.923. The molecule has 22 heavy (non-hydrogen) atoms. The number of benzene rings is 1. The van der Waals surface area contributed by atoms with E-state index in [1.54, 1.807) is 39.0 Å². The molecule has 0 bridgehead atoms. The Labute approximate surface area is 139 Å². The highest BCUT2D eigenvalue weighted by Gasteiger charge is 2.54. The van der Waals surface area contributed by atoms with Crippen molar-refractivity contribution in [2.75, 3.05) is 5.32 Å². The zero-order valence-corrected chi connectivity index (χ0v) is 14.2. The average Bonchev–Trinajstić information content (AvgIpc) is 2.66. The van der Waals surface area contributed by atoms with E-state index in [2.05, 4.69) is 5.32 Å². The molecule has 1 aromatic rings. The number of carboxylic acids is 1. The molecule has 1 aliphatic carbocycles. The van der Waals surface area contributed by atoms with Gasteiger partial charge in [0.1, 0.15) is 0 Å². The molecule has 0 saturated heterocycles. The molecule has 1 saturated carbocycles. The highest BCUT2D eigenvalue weighted by molar-refractivity contribution is 6.42. The van der Waals surface area contributed by atoms with Gasteiger partial charge in [0, 0.05) is 23.0 Å². The van der Waals surface area contributed by atoms with Crippen molar-refractivity contribution in [2.45, 2.75) is 33.6 Å². The van der Waals surface area contributed by atoms with Gasteiger partial charge in [-0.3, -0.25) is 4.79 Å². The predicted octanol–water partition coefficient (Wildman–Crippen LogP) is 3.12. The van der Waals surface area contributed by atoms with Crippen LogP contribution in [0.15, 0.2) is 18.2 Å². The molecule has 0 radical (unpaired) electrons. The van der Waals surface area contributed by atoms with Gasteiger partial charge in [-0.1, -0.05) is 44.0 Å². The van der Waals surface area contributed by atoms with Gasteiger partial charge in [0.25, 0.3) is 0 Å². The van der Waals surface area contributed by atoms with Gasteiger partial charge in [0.2, 0.25) is 5.91 Å². The molecule has 1 aromatic carbocycles. The van der Waals surface area contributed by atoms with Gasteiger partial charge in [0.15, 0.2) is 0 Å². The van der Waals surface area contributed by atoms with E-state index < -0.39 is 22.7 Å². The third kappa shape index (κ3) is 2.70. The van der Waals surface area contributed by atoms with Gasteiger partial charge in [-0.05, 0) is 36.5 Å². The summed E-state index contributed by atoms with van der Waals surface area (Å²) in [7, 11) is 0. The molecule has 6 heteroatoms. The minimum absolute atomic E-state index is 0.214. The fourth-order valence-corrected chi connectivity index (χ4v) is 3.43. The van der Waals surface area contributed by atoms with Gasteiger partial charge in [-0.25, -0.2) is 0 Å². The van der Waals surface area contributed by atoms with Crippen LogP contribution in [0.3, 0.4) is 0 Å². The zero-order valence-electron chi connectivity index (χ0n) is 12.7. The first-order chi connectivity index (χ1) is 10.1. The van der Waals surface area contributed by atoms with Gasteiger partial charge in [-0.2, -0.15) is 0 Å². The van der Waals surface area contributed by atoms with Crippen molar-refractivity contribution in [2.24, 2.45) is 16.7 Å². The molecule has 120 valence electrons. The molecule has 1 amide bonds. The number of hydrogen-bond acceptors (Lipinski definition) is 3. The van der Waals surface area contributed by atoms with Crippen LogP contribution < -0.4 is 10.4 Å². The lowest BCUT2D eigenvalue weighted by atomic mass is 9.65. The lowest BCUT2D eigenvalue weighted by Crippen LogP contribution is -2.49. The first kappa shape index (κ1) is 17.1. The van der Waals surface area contributed by atoms with E-state index in [-0.39, 0.29) is 5.91 Å². The molecule has 0 aromatic heterocycles. The third-order valence-electron chi connectivity index (χ3n) is 5.18. The average molecular weight is 343 g/mol. The molecule has 0 heterocycles. The summed E-state index contributed by atoms with van der Waals surface area (Å²) in [4.78, 5) is 24.0. The molecule has 2 atom stereocenters. The Balaban J connectivity index is 2.20. The summed E-state index contributed by atoms with van der Waals surface area (Å²) in [6.45, 7) is 5.25. The van der Waals surface area contributed by atoms with Crippen molar-refractivity contribution >= 4 is 40.8 Å². The van der Waals surface area contributed by atoms with Crippen LogP contribution in [0.25, 0.3) is 0 Å². The van der Waals surface area contributed by atoms with Crippen molar-refractivity contribution in [3.8, 4) is 0 Å². The predicted molar refractivity (Wildman–Crippen MR) is 84.7 cm³/mol. The third-order valence-corrected chi connectivity index (χ3v) is 5.92. The van der Waals surface area contributed by atoms with Gasteiger partial charge >= 0.3 is 0 Å². The first-order valence-electron chi connectivity index (χ1n) is 7.07. The smallest absolute Gasteiger partial charge is 0.228 e. The Morgan fingerprint density at radius 2 is 1.86 bits per heavy atom. The fourth-order valence-electron chi connectivity index (χ4n) is 3.13. The molecule has 0 aliphatic heterocycles. The lowest BCUT2D eigenvalue weighted by Gasteiger charge is -2.41. The maximum atomic E-state index is 12.5. The van der Waals surface area contributed by atoms with E-state index in [4.69, 9.17) is 23.2 Å². The number of aliphatic carboxylic acids is 1. The second-order valence-electron chi connectivity index (χ2n) is 6.55. The van der Waals surface area contributed by atoms with E-state index >= 15 is 0 Å². The Morgan fingerprint density at radius 3 is 2.36 bits per heavy atom. The second-order valence-corrected chi connectivity index (χ2v) is 7.37. The molecule has 0 unspecified atom stereocenters. The molecule has 4 nitrogen and oxygen atoms in total. The van der Waals surface area contributed by atoms with Gasteiger partial charge < -0.3 is 15.2 Å². The van der Waals surface area contributed by atoms with Gasteiger partial charge in [0.05, 0.1) is 10.0 Å². The number of anilines is 1. The maximum absolute atomic E-state index is 12.5. The Hall–Kier alpha value is -1.26. The van der Waals surface area contributed by atoms with E-state index in [0.29, 0.717) is 28.6 Å². The van der Waals surface area contributed by atoms with Crippen LogP contribution in [0.1, 0.15) is 33.6 Å². The molecule has 1 fully saturated rings. The molecular weight excluding hydrogens is 325 g/mol. The maximum Gasteiger partial charge on any atom is 0.228 e. The van der Waals surface area contributed by atoms with Crippen LogP contribution in [0, 0.1) is 16.7 Å². The van der Waals surface area contributed by atoms with Crippen molar-refractivity contribution in [3.63, 3.8) is 0 Å². The Morgan fingerprint density at radius 1 is 1.23 bits per heavy atom. The van der Waals surface area contributed by atoms with E-state index in [0.717, 1.165) is 0 Å². The minimum Gasteiger partial charge on any atom is -0.550 e. The SMILES string of the molecule is CC1(C)[C@H](C(=O)Nc2ccc(Cl)c(Cl)c2)CC[C@@]1(C)C(=O)[O-]. The molecule has 0 spiro atoms. The summed E-state index contributed by atoms with van der Waals surface area (Å²) in [6, 6.07) is 4.83. The monoisotopic (exact) mass is 342 g/mol. The Kier molecular flexibility index (Phi) is 4.46. The quantitative estimate of drug-likeness (QED) is 0.917. The number of carbonyl (C=O) groups excluding carboxylic acids is 2. The number of carboxylic acid groups (broad SMARTS) is 1. The van der Waals surface area contributed by atoms with Crippen LogP contribution in [-0.4, -0.2) is 11.9 Å². The summed E-state index contributed by atoms with van der Waals surface area (Å²) in [5.41, 5.74) is -1.18. The second kappa shape index (κ2) is 5.74. The van der Waals surface area contributed by atoms with Crippen LogP contribution >= 0.6 is 23.2 Å². The van der Waals surface area contributed by atoms with Gasteiger partial charge in [-0.15, -0.1) is 0 Å². The number of nitrogens with one attached hydrogen (secondary N) is 1. The van der Waals surface area contributed by atoms with E-state index in [9.17, 15) is 14.7 Å². The lowest BCUT2D eigenvalue weighted by molar-refractivity contribution is -0.323. The number of rotatable bonds is 3. The standard InChI is InChI=1S/C16H19Cl2NO3/c1-15(2)10(6-7-16(15,3)14(21)22)13(20)19-9-4-5-11(17)12(18)8-9/h4-5,8,10H,6-7H2,1-3H3,(H,19,20)(H,21,22)/p-1/t10-,16-/m0/s1. The van der Waals surface area contributed by atoms with E-state index in [1.807, 2.05) is 0 Å².